The van der Waals surface area contributed by atoms with Crippen molar-refractivity contribution in [1.29, 1.82) is 0 Å². The van der Waals surface area contributed by atoms with Gasteiger partial charge in [0.1, 0.15) is 11.5 Å². The predicted octanol–water partition coefficient (Wildman–Crippen LogP) is 7.15. The van der Waals surface area contributed by atoms with E-state index in [4.69, 9.17) is 9.47 Å². The summed E-state index contributed by atoms with van der Waals surface area (Å²) in [7, 11) is 0. The highest BCUT2D eigenvalue weighted by molar-refractivity contribution is 5.80. The topological polar surface area (TPSA) is 18.5 Å². The van der Waals surface area contributed by atoms with Crippen LogP contribution in [-0.4, -0.2) is 0 Å². The van der Waals surface area contributed by atoms with Crippen LogP contribution >= 0.6 is 0 Å². The second-order valence-corrected chi connectivity index (χ2v) is 8.17. The van der Waals surface area contributed by atoms with E-state index in [9.17, 15) is 0 Å². The molecule has 1 aliphatic carbocycles. The lowest BCUT2D eigenvalue weighted by Crippen LogP contribution is -2.18. The number of hydrogen-bond donors (Lipinski definition) is 0. The van der Waals surface area contributed by atoms with Crippen molar-refractivity contribution in [3.05, 3.63) is 120 Å². The van der Waals surface area contributed by atoms with Gasteiger partial charge in [0.25, 0.3) is 6.29 Å². The van der Waals surface area contributed by atoms with Crippen molar-refractivity contribution >= 4 is 0 Å². The van der Waals surface area contributed by atoms with E-state index in [0.29, 0.717) is 0 Å². The maximum Gasteiger partial charge on any atom is 0.267 e. The van der Waals surface area contributed by atoms with Crippen LogP contribution < -0.4 is 9.47 Å². The van der Waals surface area contributed by atoms with Crippen molar-refractivity contribution in [2.75, 3.05) is 0 Å². The molecule has 0 heterocycles. The number of fused-ring (bicyclic) bond motifs is 3. The summed E-state index contributed by atoms with van der Waals surface area (Å²) >= 11 is 0. The van der Waals surface area contributed by atoms with Crippen LogP contribution in [0.25, 0.3) is 11.1 Å². The van der Waals surface area contributed by atoms with Crippen LogP contribution in [0.1, 0.15) is 36.8 Å². The first-order valence-corrected chi connectivity index (χ1v) is 10.3. The van der Waals surface area contributed by atoms with E-state index in [1.807, 2.05) is 60.7 Å². The Morgan fingerprint density at radius 3 is 1.73 bits per heavy atom. The lowest BCUT2D eigenvalue weighted by molar-refractivity contribution is 0.00375. The fourth-order valence-corrected chi connectivity index (χ4v) is 4.27. The Morgan fingerprint density at radius 1 is 0.567 bits per heavy atom. The van der Waals surface area contributed by atoms with Crippen molar-refractivity contribution < 1.29 is 9.47 Å². The average Bonchev–Trinajstić information content (AvgIpc) is 3.02. The number of ether oxygens (including phenoxy) is 2. The summed E-state index contributed by atoms with van der Waals surface area (Å²) in [6, 6.07) is 34.9. The highest BCUT2D eigenvalue weighted by Gasteiger charge is 2.35. The molecule has 4 aromatic rings. The van der Waals surface area contributed by atoms with Gasteiger partial charge in [-0.3, -0.25) is 0 Å². The fourth-order valence-electron chi connectivity index (χ4n) is 4.27. The highest BCUT2D eigenvalue weighted by Crippen LogP contribution is 2.49. The first-order valence-electron chi connectivity index (χ1n) is 10.3. The van der Waals surface area contributed by atoms with Crippen LogP contribution in [0.3, 0.4) is 0 Å². The molecule has 4 aromatic carbocycles. The molecule has 0 saturated heterocycles. The van der Waals surface area contributed by atoms with E-state index in [1.54, 1.807) is 0 Å². The summed E-state index contributed by atoms with van der Waals surface area (Å²) < 4.78 is 12.6. The van der Waals surface area contributed by atoms with Crippen LogP contribution in [0.5, 0.6) is 11.5 Å². The van der Waals surface area contributed by atoms with E-state index in [-0.39, 0.29) is 5.41 Å². The quantitative estimate of drug-likeness (QED) is 0.336. The molecule has 1 aliphatic rings. The second kappa shape index (κ2) is 7.38. The minimum absolute atomic E-state index is 0.0635. The molecule has 0 saturated carbocycles. The van der Waals surface area contributed by atoms with Crippen molar-refractivity contribution in [2.45, 2.75) is 25.6 Å². The minimum Gasteiger partial charge on any atom is -0.451 e. The third kappa shape index (κ3) is 3.25. The first-order chi connectivity index (χ1) is 14.6. The largest absolute Gasteiger partial charge is 0.451 e. The summed E-state index contributed by atoms with van der Waals surface area (Å²) in [5.74, 6) is 1.56. The van der Waals surface area contributed by atoms with Gasteiger partial charge in [0.15, 0.2) is 0 Å². The molecule has 0 N–H and O–H groups in total. The van der Waals surface area contributed by atoms with Crippen molar-refractivity contribution in [2.24, 2.45) is 0 Å². The third-order valence-corrected chi connectivity index (χ3v) is 5.85. The zero-order chi connectivity index (χ0) is 20.6. The fraction of sp³-hybridized carbons (Fsp3) is 0.143. The molecule has 0 radical (unpaired) electrons. The average molecular weight is 392 g/mol. The molecule has 0 aromatic heterocycles. The normalized spacial score (nSPS) is 13.6. The maximum atomic E-state index is 6.29. The van der Waals surface area contributed by atoms with Gasteiger partial charge in [-0.05, 0) is 52.6 Å². The van der Waals surface area contributed by atoms with Gasteiger partial charge in [-0.15, -0.1) is 0 Å². The lowest BCUT2D eigenvalue weighted by Gasteiger charge is -2.25. The minimum atomic E-state index is -0.542. The number of benzene rings is 4. The molecule has 0 bridgehead atoms. The molecule has 0 fully saturated rings. The zero-order valence-corrected chi connectivity index (χ0v) is 17.2. The molecule has 0 amide bonds. The maximum absolute atomic E-state index is 6.29. The van der Waals surface area contributed by atoms with Crippen LogP contribution in [0.2, 0.25) is 0 Å². The monoisotopic (exact) mass is 392 g/mol. The van der Waals surface area contributed by atoms with Gasteiger partial charge in [0.05, 0.1) is 0 Å². The molecule has 0 atom stereocenters. The third-order valence-electron chi connectivity index (χ3n) is 5.85. The van der Waals surface area contributed by atoms with E-state index < -0.39 is 6.29 Å². The summed E-state index contributed by atoms with van der Waals surface area (Å²) in [6.07, 6.45) is -0.542. The Balaban J connectivity index is 1.56. The van der Waals surface area contributed by atoms with E-state index in [0.717, 1.165) is 17.1 Å². The summed E-state index contributed by atoms with van der Waals surface area (Å²) in [4.78, 5) is 0. The Morgan fingerprint density at radius 2 is 1.10 bits per heavy atom. The van der Waals surface area contributed by atoms with E-state index in [2.05, 4.69) is 56.3 Å². The van der Waals surface area contributed by atoms with Crippen LogP contribution in [-0.2, 0) is 5.41 Å². The van der Waals surface area contributed by atoms with Crippen LogP contribution in [0.4, 0.5) is 0 Å². The van der Waals surface area contributed by atoms with Gasteiger partial charge in [0.2, 0.25) is 0 Å². The highest BCUT2D eigenvalue weighted by atomic mass is 16.7. The van der Waals surface area contributed by atoms with Gasteiger partial charge in [0, 0.05) is 11.0 Å². The van der Waals surface area contributed by atoms with E-state index >= 15 is 0 Å². The first kappa shape index (κ1) is 18.5. The van der Waals surface area contributed by atoms with Crippen LogP contribution in [0, 0.1) is 0 Å². The second-order valence-electron chi connectivity index (χ2n) is 8.17. The molecule has 30 heavy (non-hydrogen) atoms. The SMILES string of the molecule is CC1(C)c2ccccc2-c2ccc(C(Oc3ccccc3)Oc3ccccc3)cc21. The number of rotatable bonds is 5. The molecule has 2 heteroatoms. The van der Waals surface area contributed by atoms with Crippen molar-refractivity contribution in [3.8, 4) is 22.6 Å². The number of hydrogen-bond acceptors (Lipinski definition) is 2. The molecule has 2 nitrogen and oxygen atoms in total. The van der Waals surface area contributed by atoms with E-state index in [1.165, 1.54) is 22.3 Å². The lowest BCUT2D eigenvalue weighted by atomic mass is 9.82. The Bertz CT molecular complexity index is 1120. The molecule has 0 aliphatic heterocycles. The molecule has 0 spiro atoms. The molecular weight excluding hydrogens is 368 g/mol. The molecule has 148 valence electrons. The van der Waals surface area contributed by atoms with Gasteiger partial charge in [-0.2, -0.15) is 0 Å². The molecule has 5 rings (SSSR count). The molecular formula is C28H24O2. The van der Waals surface area contributed by atoms with Crippen molar-refractivity contribution in [1.82, 2.24) is 0 Å². The van der Waals surface area contributed by atoms with Gasteiger partial charge in [-0.1, -0.05) is 86.6 Å². The number of para-hydroxylation sites is 2. The van der Waals surface area contributed by atoms with Crippen LogP contribution in [0.15, 0.2) is 103 Å². The van der Waals surface area contributed by atoms with Crippen molar-refractivity contribution in [3.63, 3.8) is 0 Å². The standard InChI is InChI=1S/C28H24O2/c1-28(2)25-16-10-9-15-23(25)24-18-17-20(19-26(24)28)27(29-21-11-5-3-6-12-21)30-22-13-7-4-8-14-22/h3-19,27H,1-2H3. The predicted molar refractivity (Wildman–Crippen MR) is 121 cm³/mol. The van der Waals surface area contributed by atoms with Gasteiger partial charge < -0.3 is 9.47 Å². The summed E-state index contributed by atoms with van der Waals surface area (Å²) in [6.45, 7) is 4.57. The molecule has 0 unspecified atom stereocenters. The smallest absolute Gasteiger partial charge is 0.267 e. The Hall–Kier alpha value is -3.52. The summed E-state index contributed by atoms with van der Waals surface area (Å²) in [5.41, 5.74) is 6.21. The summed E-state index contributed by atoms with van der Waals surface area (Å²) in [5, 5.41) is 0. The Labute approximate surface area is 177 Å². The van der Waals surface area contributed by atoms with Gasteiger partial charge in [-0.25, -0.2) is 0 Å². The Kier molecular flexibility index (Phi) is 4.55. The van der Waals surface area contributed by atoms with Gasteiger partial charge >= 0.3 is 0 Å². The zero-order valence-electron chi connectivity index (χ0n) is 17.2.